The van der Waals surface area contributed by atoms with Crippen LogP contribution in [0, 0.1) is 13.8 Å². The van der Waals surface area contributed by atoms with E-state index in [9.17, 15) is 4.79 Å². The Morgan fingerprint density at radius 2 is 1.58 bits per heavy atom. The van der Waals surface area contributed by atoms with Crippen LogP contribution >= 0.6 is 0 Å². The van der Waals surface area contributed by atoms with E-state index in [1.807, 2.05) is 56.3 Å². The highest BCUT2D eigenvalue weighted by atomic mass is 16.1. The number of carbonyl (C=O) groups excluding carboxylic acids is 1. The standard InChI is InChI=1S/C17H17BO/c1-12-8-15(11-18)9-13(2)17(12)16(19)10-14-6-4-3-5-7-14/h3-9H,10-11H2,1-2H3. The largest absolute Gasteiger partial charge is 0.294 e. The molecule has 0 fully saturated rings. The normalized spacial score (nSPS) is 10.4. The third-order valence-electron chi connectivity index (χ3n) is 3.31. The van der Waals surface area contributed by atoms with Gasteiger partial charge in [-0.3, -0.25) is 4.79 Å². The van der Waals surface area contributed by atoms with Gasteiger partial charge in [-0.25, -0.2) is 0 Å². The van der Waals surface area contributed by atoms with E-state index in [-0.39, 0.29) is 5.78 Å². The summed E-state index contributed by atoms with van der Waals surface area (Å²) in [4.78, 5) is 12.4. The van der Waals surface area contributed by atoms with Gasteiger partial charge in [0.1, 0.15) is 0 Å². The van der Waals surface area contributed by atoms with Crippen LogP contribution in [0.4, 0.5) is 0 Å². The summed E-state index contributed by atoms with van der Waals surface area (Å²) >= 11 is 0. The average Bonchev–Trinajstić information content (AvgIpc) is 2.38. The quantitative estimate of drug-likeness (QED) is 0.598. The Hall–Kier alpha value is -1.83. The highest BCUT2D eigenvalue weighted by Gasteiger charge is 2.13. The van der Waals surface area contributed by atoms with E-state index in [1.165, 1.54) is 0 Å². The molecule has 0 aromatic heterocycles. The van der Waals surface area contributed by atoms with Crippen molar-refractivity contribution in [3.63, 3.8) is 0 Å². The zero-order chi connectivity index (χ0) is 13.8. The Kier molecular flexibility index (Phi) is 4.21. The summed E-state index contributed by atoms with van der Waals surface area (Å²) in [5.41, 5.74) is 4.99. The molecule has 0 amide bonds. The summed E-state index contributed by atoms with van der Waals surface area (Å²) in [7, 11) is 5.65. The summed E-state index contributed by atoms with van der Waals surface area (Å²) in [5.74, 6) is 0.171. The number of benzene rings is 2. The lowest BCUT2D eigenvalue weighted by Gasteiger charge is -2.11. The van der Waals surface area contributed by atoms with Crippen molar-refractivity contribution in [1.29, 1.82) is 0 Å². The molecule has 0 heterocycles. The van der Waals surface area contributed by atoms with Gasteiger partial charge in [-0.15, -0.1) is 0 Å². The Morgan fingerprint density at radius 3 is 2.11 bits per heavy atom. The van der Waals surface area contributed by atoms with E-state index in [0.29, 0.717) is 12.7 Å². The average molecular weight is 248 g/mol. The molecular weight excluding hydrogens is 231 g/mol. The van der Waals surface area contributed by atoms with Crippen LogP contribution in [0.5, 0.6) is 0 Å². The fraction of sp³-hybridized carbons (Fsp3) is 0.235. The minimum Gasteiger partial charge on any atom is -0.294 e. The van der Waals surface area contributed by atoms with Gasteiger partial charge in [0, 0.05) is 12.0 Å². The second-order valence-electron chi connectivity index (χ2n) is 4.89. The van der Waals surface area contributed by atoms with Crippen molar-refractivity contribution < 1.29 is 4.79 Å². The fourth-order valence-electron chi connectivity index (χ4n) is 2.48. The maximum Gasteiger partial charge on any atom is 0.167 e. The highest BCUT2D eigenvalue weighted by Crippen LogP contribution is 2.19. The van der Waals surface area contributed by atoms with Crippen LogP contribution < -0.4 is 0 Å². The lowest BCUT2D eigenvalue weighted by molar-refractivity contribution is 0.0992. The molecule has 0 atom stereocenters. The number of hydrogen-bond acceptors (Lipinski definition) is 1. The smallest absolute Gasteiger partial charge is 0.167 e. The molecule has 0 aliphatic carbocycles. The molecule has 0 aliphatic rings. The number of hydrogen-bond donors (Lipinski definition) is 0. The van der Waals surface area contributed by atoms with Crippen molar-refractivity contribution in [2.75, 3.05) is 0 Å². The molecule has 0 N–H and O–H groups in total. The van der Waals surface area contributed by atoms with E-state index in [1.54, 1.807) is 0 Å². The Bertz CT molecular complexity index is 564. The Labute approximate surface area is 116 Å². The van der Waals surface area contributed by atoms with Crippen LogP contribution in [0.1, 0.15) is 32.6 Å². The molecule has 1 nitrogen and oxygen atoms in total. The van der Waals surface area contributed by atoms with Crippen molar-refractivity contribution in [3.05, 3.63) is 70.3 Å². The van der Waals surface area contributed by atoms with Gasteiger partial charge in [0.2, 0.25) is 0 Å². The maximum absolute atomic E-state index is 12.4. The first-order valence-corrected chi connectivity index (χ1v) is 6.49. The van der Waals surface area contributed by atoms with Crippen LogP contribution in [-0.2, 0) is 12.7 Å². The van der Waals surface area contributed by atoms with Gasteiger partial charge < -0.3 is 0 Å². The summed E-state index contributed by atoms with van der Waals surface area (Å²) in [6.07, 6.45) is 0.958. The van der Waals surface area contributed by atoms with Crippen molar-refractivity contribution in [2.24, 2.45) is 0 Å². The molecule has 0 aliphatic heterocycles. The van der Waals surface area contributed by atoms with E-state index < -0.39 is 0 Å². The topological polar surface area (TPSA) is 17.1 Å². The lowest BCUT2D eigenvalue weighted by Crippen LogP contribution is -2.08. The second-order valence-corrected chi connectivity index (χ2v) is 4.89. The van der Waals surface area contributed by atoms with Gasteiger partial charge in [0.25, 0.3) is 0 Å². The SMILES string of the molecule is [B]Cc1cc(C)c(C(=O)Cc2ccccc2)c(C)c1. The van der Waals surface area contributed by atoms with E-state index in [4.69, 9.17) is 7.85 Å². The van der Waals surface area contributed by atoms with Gasteiger partial charge in [0.05, 0.1) is 7.85 Å². The lowest BCUT2D eigenvalue weighted by atomic mass is 9.89. The zero-order valence-corrected chi connectivity index (χ0v) is 11.4. The van der Waals surface area contributed by atoms with Gasteiger partial charge in [-0.1, -0.05) is 54.3 Å². The Balaban J connectivity index is 2.29. The highest BCUT2D eigenvalue weighted by molar-refractivity contribution is 6.08. The molecule has 19 heavy (non-hydrogen) atoms. The Morgan fingerprint density at radius 1 is 1.00 bits per heavy atom. The summed E-state index contributed by atoms with van der Waals surface area (Å²) in [5, 5.41) is 0. The second kappa shape index (κ2) is 5.88. The van der Waals surface area contributed by atoms with Crippen LogP contribution in [-0.4, -0.2) is 13.6 Å². The number of ketones is 1. The van der Waals surface area contributed by atoms with Gasteiger partial charge in [-0.05, 0) is 30.5 Å². The molecule has 0 bridgehead atoms. The fourth-order valence-corrected chi connectivity index (χ4v) is 2.48. The van der Waals surface area contributed by atoms with Crippen LogP contribution in [0.3, 0.4) is 0 Å². The number of Topliss-reactive ketones (excluding diaryl/α,β-unsaturated/α-hetero) is 1. The molecule has 0 saturated carbocycles. The molecule has 2 heteroatoms. The molecule has 2 aromatic carbocycles. The number of aryl methyl sites for hydroxylation is 2. The van der Waals surface area contributed by atoms with E-state index in [0.717, 1.165) is 27.8 Å². The third kappa shape index (κ3) is 3.14. The molecular formula is C17H17BO. The molecule has 0 unspecified atom stereocenters. The van der Waals surface area contributed by atoms with E-state index >= 15 is 0 Å². The number of rotatable bonds is 4. The summed E-state index contributed by atoms with van der Waals surface area (Å²) in [6, 6.07) is 13.9. The minimum absolute atomic E-state index is 0.171. The van der Waals surface area contributed by atoms with Gasteiger partial charge in [-0.2, -0.15) is 0 Å². The van der Waals surface area contributed by atoms with Crippen LogP contribution in [0.2, 0.25) is 0 Å². The first-order chi connectivity index (χ1) is 9.11. The zero-order valence-electron chi connectivity index (χ0n) is 11.4. The number of carbonyl (C=O) groups is 1. The van der Waals surface area contributed by atoms with Crippen LogP contribution in [0.25, 0.3) is 0 Å². The molecule has 0 spiro atoms. The predicted molar refractivity (Wildman–Crippen MR) is 79.9 cm³/mol. The van der Waals surface area contributed by atoms with Crippen molar-refractivity contribution in [2.45, 2.75) is 26.6 Å². The van der Waals surface area contributed by atoms with Gasteiger partial charge in [0.15, 0.2) is 5.78 Å². The van der Waals surface area contributed by atoms with Crippen molar-refractivity contribution in [1.82, 2.24) is 0 Å². The monoisotopic (exact) mass is 248 g/mol. The molecule has 2 rings (SSSR count). The van der Waals surface area contributed by atoms with Crippen molar-refractivity contribution in [3.8, 4) is 0 Å². The minimum atomic E-state index is 0.171. The maximum atomic E-state index is 12.4. The molecule has 2 aromatic rings. The van der Waals surface area contributed by atoms with Crippen molar-refractivity contribution >= 4 is 13.6 Å². The predicted octanol–water partition coefficient (Wildman–Crippen LogP) is 3.40. The third-order valence-corrected chi connectivity index (χ3v) is 3.31. The molecule has 94 valence electrons. The summed E-state index contributed by atoms with van der Waals surface area (Å²) in [6.45, 7) is 3.95. The first kappa shape index (κ1) is 13.6. The van der Waals surface area contributed by atoms with Gasteiger partial charge >= 0.3 is 0 Å². The first-order valence-electron chi connectivity index (χ1n) is 6.49. The van der Waals surface area contributed by atoms with Crippen LogP contribution in [0.15, 0.2) is 42.5 Å². The summed E-state index contributed by atoms with van der Waals surface area (Å²) < 4.78 is 0. The molecule has 0 saturated heterocycles. The van der Waals surface area contributed by atoms with E-state index in [2.05, 4.69) is 0 Å². The molecule has 2 radical (unpaired) electrons.